The minimum absolute atomic E-state index is 0.106. The lowest BCUT2D eigenvalue weighted by molar-refractivity contribution is -0.161. The molecule has 0 heterocycles. The van der Waals surface area contributed by atoms with Crippen molar-refractivity contribution in [3.05, 3.63) is 0 Å². The van der Waals surface area contributed by atoms with Crippen molar-refractivity contribution < 1.29 is 80.2 Å². The maximum atomic E-state index is 13.2. The Morgan fingerprint density at radius 2 is 0.477 bits per heavy atom. The van der Waals surface area contributed by atoms with Crippen molar-refractivity contribution in [1.82, 2.24) is 0 Å². The molecule has 0 rings (SSSR count). The highest BCUT2D eigenvalue weighted by Gasteiger charge is 2.31. The van der Waals surface area contributed by atoms with Crippen LogP contribution in [0.15, 0.2) is 0 Å². The molecule has 3 unspecified atom stereocenters. The minimum Gasteiger partial charge on any atom is -0.462 e. The summed E-state index contributed by atoms with van der Waals surface area (Å²) in [7, 11) is -9.93. The fourth-order valence-corrected chi connectivity index (χ4v) is 15.3. The van der Waals surface area contributed by atoms with Crippen molar-refractivity contribution in [3.63, 3.8) is 0 Å². The normalized spacial score (nSPS) is 14.0. The number of phosphoric acid groups is 2. The number of rotatable bonds is 87. The van der Waals surface area contributed by atoms with Gasteiger partial charge >= 0.3 is 39.5 Å². The molecule has 0 aliphatic carbocycles. The quantitative estimate of drug-likeness (QED) is 0.0222. The summed E-state index contributed by atoms with van der Waals surface area (Å²) in [6.45, 7) is 9.68. The van der Waals surface area contributed by atoms with Crippen molar-refractivity contribution in [2.24, 2.45) is 11.8 Å². The number of phosphoric ester groups is 2. The van der Waals surface area contributed by atoms with E-state index in [1.165, 1.54) is 289 Å². The second-order valence-electron chi connectivity index (χ2n) is 32.4. The van der Waals surface area contributed by atoms with E-state index in [-0.39, 0.29) is 25.7 Å². The molecule has 107 heavy (non-hydrogen) atoms. The lowest BCUT2D eigenvalue weighted by Gasteiger charge is -2.21. The molecule has 0 amide bonds. The van der Waals surface area contributed by atoms with Gasteiger partial charge in [0.2, 0.25) is 0 Å². The fraction of sp³-hybridized carbons (Fsp3) is 0.955. The molecule has 0 aromatic carbocycles. The van der Waals surface area contributed by atoms with Crippen molar-refractivity contribution in [2.45, 2.75) is 490 Å². The molecule has 19 heteroatoms. The van der Waals surface area contributed by atoms with E-state index in [2.05, 4.69) is 41.5 Å². The van der Waals surface area contributed by atoms with Gasteiger partial charge in [-0.05, 0) is 37.5 Å². The van der Waals surface area contributed by atoms with Crippen molar-refractivity contribution in [2.75, 3.05) is 39.6 Å². The van der Waals surface area contributed by atoms with Crippen molar-refractivity contribution in [1.29, 1.82) is 0 Å². The van der Waals surface area contributed by atoms with E-state index < -0.39 is 97.5 Å². The molecule has 0 saturated heterocycles. The summed E-state index contributed by atoms with van der Waals surface area (Å²) in [4.78, 5) is 73.3. The van der Waals surface area contributed by atoms with Gasteiger partial charge in [0.15, 0.2) is 12.2 Å². The Labute approximate surface area is 658 Å². The van der Waals surface area contributed by atoms with Crippen LogP contribution in [0.1, 0.15) is 472 Å². The van der Waals surface area contributed by atoms with Crippen LogP contribution in [0, 0.1) is 11.8 Å². The number of aliphatic hydroxyl groups excluding tert-OH is 1. The van der Waals surface area contributed by atoms with Gasteiger partial charge in [-0.2, -0.15) is 0 Å². The van der Waals surface area contributed by atoms with Gasteiger partial charge in [0.05, 0.1) is 26.4 Å². The molecule has 0 bridgehead atoms. The highest BCUT2D eigenvalue weighted by atomic mass is 31.2. The molecule has 0 radical (unpaired) electrons. The number of aliphatic hydroxyl groups is 1. The highest BCUT2D eigenvalue weighted by Crippen LogP contribution is 2.45. The first-order valence-corrected chi connectivity index (χ1v) is 48.5. The number of unbranched alkanes of at least 4 members (excludes halogenated alkanes) is 56. The Balaban J connectivity index is 5.24. The molecule has 0 spiro atoms. The predicted molar refractivity (Wildman–Crippen MR) is 442 cm³/mol. The van der Waals surface area contributed by atoms with Crippen LogP contribution in [0.3, 0.4) is 0 Å². The summed E-state index contributed by atoms with van der Waals surface area (Å²) >= 11 is 0. The van der Waals surface area contributed by atoms with Gasteiger partial charge in [-0.15, -0.1) is 0 Å². The first-order valence-electron chi connectivity index (χ1n) is 45.5. The average Bonchev–Trinajstić information content (AvgIpc) is 0.899. The Kier molecular flexibility index (Phi) is 77.9. The summed E-state index contributed by atoms with van der Waals surface area (Å²) in [5.74, 6) is -0.555. The third-order valence-electron chi connectivity index (χ3n) is 21.1. The van der Waals surface area contributed by atoms with Crippen LogP contribution >= 0.6 is 15.6 Å². The zero-order valence-corrected chi connectivity index (χ0v) is 72.2. The highest BCUT2D eigenvalue weighted by molar-refractivity contribution is 7.47. The monoisotopic (exact) mass is 1560 g/mol. The van der Waals surface area contributed by atoms with Gasteiger partial charge in [-0.3, -0.25) is 37.3 Å². The maximum Gasteiger partial charge on any atom is 0.472 e. The standard InChI is InChI=1S/C88H172O17P2/c1-7-10-12-14-16-18-20-22-24-26-28-30-32-34-36-38-40-47-54-60-66-72-87(92)104-83(76-98-85(90)70-64-58-52-46-39-37-35-33-31-29-27-25-23-21-19-17-15-13-11-8-2)78-102-106(94,95)100-74-82(89)75-101-107(96,97)103-79-84(77-99-86(91)71-65-59-53-49-43-44-50-56-62-68-80(4)5)105-88(93)73-67-61-55-48-42-41-45-51-57-63-69-81(6)9-3/h80-84,89H,7-79H2,1-6H3,(H,94,95)(H,96,97)/t81?,82-,83-,84-/m1/s1. The third kappa shape index (κ3) is 80.5. The van der Waals surface area contributed by atoms with Gasteiger partial charge in [-0.25, -0.2) is 9.13 Å². The second-order valence-corrected chi connectivity index (χ2v) is 35.3. The third-order valence-corrected chi connectivity index (χ3v) is 23.0. The number of carbonyl (C=O) groups is 4. The molecule has 0 aromatic heterocycles. The van der Waals surface area contributed by atoms with Crippen LogP contribution in [0.5, 0.6) is 0 Å². The number of ether oxygens (including phenoxy) is 4. The van der Waals surface area contributed by atoms with Crippen molar-refractivity contribution in [3.8, 4) is 0 Å². The first kappa shape index (κ1) is 105. The van der Waals surface area contributed by atoms with E-state index in [0.717, 1.165) is 102 Å². The molecule has 636 valence electrons. The molecular weight excluding hydrogens is 1390 g/mol. The van der Waals surface area contributed by atoms with Crippen molar-refractivity contribution >= 4 is 39.5 Å². The van der Waals surface area contributed by atoms with E-state index in [9.17, 15) is 43.2 Å². The lowest BCUT2D eigenvalue weighted by atomic mass is 9.99. The molecule has 0 aromatic rings. The minimum atomic E-state index is -4.97. The zero-order chi connectivity index (χ0) is 78.5. The van der Waals surface area contributed by atoms with Gasteiger partial charge in [0.1, 0.15) is 19.3 Å². The summed E-state index contributed by atoms with van der Waals surface area (Å²) < 4.78 is 69.0. The first-order chi connectivity index (χ1) is 51.9. The Bertz CT molecular complexity index is 2050. The van der Waals surface area contributed by atoms with Crippen LogP contribution in [-0.4, -0.2) is 96.7 Å². The molecule has 0 saturated carbocycles. The number of hydrogen-bond donors (Lipinski definition) is 3. The van der Waals surface area contributed by atoms with Crippen LogP contribution in [0.25, 0.3) is 0 Å². The van der Waals surface area contributed by atoms with Crippen LogP contribution in [0.4, 0.5) is 0 Å². The molecular formula is C88H172O17P2. The number of hydrogen-bond acceptors (Lipinski definition) is 15. The Morgan fingerprint density at radius 3 is 0.710 bits per heavy atom. The SMILES string of the molecule is CCCCCCCCCCCCCCCCCCCCCCCC(=O)O[C@H](COC(=O)CCCCCCCCCCCCCCCCCCCCCC)COP(=O)(O)OC[C@@H](O)COP(=O)(O)OC[C@@H](COC(=O)CCCCCCCCCCCC(C)C)OC(=O)CCCCCCCCCCCCC(C)CC. The van der Waals surface area contributed by atoms with E-state index >= 15 is 0 Å². The summed E-state index contributed by atoms with van der Waals surface area (Å²) in [5, 5.41) is 10.7. The molecule has 0 aliphatic heterocycles. The Morgan fingerprint density at radius 1 is 0.271 bits per heavy atom. The van der Waals surface area contributed by atoms with E-state index in [4.69, 9.17) is 37.0 Å². The topological polar surface area (TPSA) is 237 Å². The molecule has 17 nitrogen and oxygen atoms in total. The Hall–Kier alpha value is -1.94. The maximum absolute atomic E-state index is 13.2. The molecule has 3 N–H and O–H groups in total. The van der Waals surface area contributed by atoms with Crippen LogP contribution in [0.2, 0.25) is 0 Å². The summed E-state index contributed by atoms with van der Waals surface area (Å²) in [5.41, 5.74) is 0. The smallest absolute Gasteiger partial charge is 0.462 e. The van der Waals surface area contributed by atoms with E-state index in [1.807, 2.05) is 0 Å². The van der Waals surface area contributed by atoms with E-state index in [1.54, 1.807) is 0 Å². The van der Waals surface area contributed by atoms with Gasteiger partial charge in [0, 0.05) is 25.7 Å². The number of esters is 4. The second kappa shape index (κ2) is 79.3. The van der Waals surface area contributed by atoms with E-state index in [0.29, 0.717) is 25.7 Å². The van der Waals surface area contributed by atoms with Gasteiger partial charge < -0.3 is 33.8 Å². The molecule has 6 atom stereocenters. The predicted octanol–water partition coefficient (Wildman–Crippen LogP) is 27.0. The van der Waals surface area contributed by atoms with Gasteiger partial charge in [-0.1, -0.05) is 420 Å². The number of carbonyl (C=O) groups excluding carboxylic acids is 4. The lowest BCUT2D eigenvalue weighted by Crippen LogP contribution is -2.30. The summed E-state index contributed by atoms with van der Waals surface area (Å²) in [6.07, 6.45) is 72.3. The molecule has 0 aliphatic rings. The largest absolute Gasteiger partial charge is 0.472 e. The van der Waals surface area contributed by atoms with Crippen LogP contribution < -0.4 is 0 Å². The average molecular weight is 1560 g/mol. The summed E-state index contributed by atoms with van der Waals surface area (Å²) in [6, 6.07) is 0. The van der Waals surface area contributed by atoms with Crippen LogP contribution in [-0.2, 0) is 65.4 Å². The van der Waals surface area contributed by atoms with Gasteiger partial charge in [0.25, 0.3) is 0 Å². The molecule has 0 fully saturated rings. The fourth-order valence-electron chi connectivity index (χ4n) is 13.7. The zero-order valence-electron chi connectivity index (χ0n) is 70.5.